The lowest BCUT2D eigenvalue weighted by atomic mass is 9.86. The Labute approximate surface area is 129 Å². The summed E-state index contributed by atoms with van der Waals surface area (Å²) in [5.41, 5.74) is 0.690. The molecule has 0 spiro atoms. The molecule has 1 aliphatic carbocycles. The van der Waals surface area contributed by atoms with Crippen molar-refractivity contribution in [2.75, 3.05) is 6.54 Å². The fourth-order valence-corrected chi connectivity index (χ4v) is 2.96. The van der Waals surface area contributed by atoms with Crippen LogP contribution in [0.4, 0.5) is 0 Å². The Bertz CT molecular complexity index is 576. The molecule has 2 heterocycles. The predicted molar refractivity (Wildman–Crippen MR) is 81.2 cm³/mol. The Morgan fingerprint density at radius 2 is 2.10 bits per heavy atom. The summed E-state index contributed by atoms with van der Waals surface area (Å²) in [5, 5.41) is 8.14. The van der Waals surface area contributed by atoms with Gasteiger partial charge in [0.25, 0.3) is 0 Å². The van der Waals surface area contributed by atoms with Crippen LogP contribution in [0.1, 0.15) is 44.4 Å². The molecule has 1 N–H and O–H groups in total. The molecule has 0 unspecified atom stereocenters. The lowest BCUT2D eigenvalue weighted by Gasteiger charge is -2.26. The van der Waals surface area contributed by atoms with E-state index in [9.17, 15) is 0 Å². The van der Waals surface area contributed by atoms with Gasteiger partial charge in [0.15, 0.2) is 0 Å². The Balaban J connectivity index is 1.67. The topological polar surface area (TPSA) is 63.8 Å². The van der Waals surface area contributed by atoms with Gasteiger partial charge in [0.1, 0.15) is 5.69 Å². The molecule has 1 saturated carbocycles. The number of hydrogen-bond donors (Lipinski definition) is 1. The third-order valence-electron chi connectivity index (χ3n) is 3.97. The zero-order chi connectivity index (χ0) is 14.7. The number of nitrogens with zero attached hydrogens (tertiary/aromatic N) is 3. The van der Waals surface area contributed by atoms with Crippen LogP contribution < -0.4 is 5.32 Å². The summed E-state index contributed by atoms with van der Waals surface area (Å²) in [7, 11) is 0. The summed E-state index contributed by atoms with van der Waals surface area (Å²) < 4.78 is 5.43. The maximum absolute atomic E-state index is 5.83. The summed E-state index contributed by atoms with van der Waals surface area (Å²) in [6.07, 6.45) is 6.10. The lowest BCUT2D eigenvalue weighted by molar-refractivity contribution is 0.284. The smallest absolute Gasteiger partial charge is 0.230 e. The molecule has 2 aromatic heterocycles. The average molecular weight is 307 g/mol. The van der Waals surface area contributed by atoms with Crippen LogP contribution in [-0.4, -0.2) is 27.7 Å². The third-order valence-corrected chi connectivity index (χ3v) is 4.19. The molecule has 0 saturated heterocycles. The van der Waals surface area contributed by atoms with Gasteiger partial charge >= 0.3 is 0 Å². The zero-order valence-electron chi connectivity index (χ0n) is 12.1. The third kappa shape index (κ3) is 3.41. The summed E-state index contributed by atoms with van der Waals surface area (Å²) in [4.78, 5) is 8.72. The molecule has 2 aromatic rings. The first-order chi connectivity index (χ1) is 10.3. The molecule has 0 aromatic carbocycles. The minimum Gasteiger partial charge on any atom is -0.339 e. The maximum Gasteiger partial charge on any atom is 0.230 e. The van der Waals surface area contributed by atoms with Crippen molar-refractivity contribution in [2.24, 2.45) is 0 Å². The molecule has 5 nitrogen and oxygen atoms in total. The fourth-order valence-electron chi connectivity index (χ4n) is 2.85. The van der Waals surface area contributed by atoms with Crippen molar-refractivity contribution >= 4 is 11.6 Å². The van der Waals surface area contributed by atoms with Crippen LogP contribution in [0.5, 0.6) is 0 Å². The van der Waals surface area contributed by atoms with Gasteiger partial charge in [-0.1, -0.05) is 23.7 Å². The summed E-state index contributed by atoms with van der Waals surface area (Å²) in [6.45, 7) is 3.18. The van der Waals surface area contributed by atoms with Crippen LogP contribution >= 0.6 is 11.6 Å². The maximum atomic E-state index is 5.83. The van der Waals surface area contributed by atoms with E-state index < -0.39 is 0 Å². The molecule has 0 bridgehead atoms. The number of rotatable bonds is 4. The molecule has 0 aliphatic heterocycles. The number of nitrogens with one attached hydrogen (secondary N) is 1. The summed E-state index contributed by atoms with van der Waals surface area (Å²) >= 11 is 5.83. The number of halogens is 1. The second-order valence-corrected chi connectivity index (χ2v) is 5.86. The van der Waals surface area contributed by atoms with Crippen molar-refractivity contribution in [1.29, 1.82) is 0 Å². The second-order valence-electron chi connectivity index (χ2n) is 5.42. The highest BCUT2D eigenvalue weighted by Gasteiger charge is 2.26. The molecule has 1 aliphatic rings. The molecule has 3 rings (SSSR count). The highest BCUT2D eigenvalue weighted by atomic mass is 35.5. The number of hydrogen-bond acceptors (Lipinski definition) is 5. The SMILES string of the molecule is CCNC1CCC(c2nc(-c3ccc(Cl)cn3)no2)CC1. The molecular formula is C15H19ClN4O. The monoisotopic (exact) mass is 306 g/mol. The van der Waals surface area contributed by atoms with Gasteiger partial charge in [-0.3, -0.25) is 4.98 Å². The lowest BCUT2D eigenvalue weighted by Crippen LogP contribution is -2.32. The molecular weight excluding hydrogens is 288 g/mol. The molecule has 6 heteroatoms. The summed E-state index contributed by atoms with van der Waals surface area (Å²) in [6, 6.07) is 4.21. The largest absolute Gasteiger partial charge is 0.339 e. The van der Waals surface area contributed by atoms with Gasteiger partial charge in [0, 0.05) is 18.2 Å². The van der Waals surface area contributed by atoms with E-state index in [1.807, 2.05) is 0 Å². The van der Waals surface area contributed by atoms with Crippen LogP contribution in [0.2, 0.25) is 5.02 Å². The fraction of sp³-hybridized carbons (Fsp3) is 0.533. The highest BCUT2D eigenvalue weighted by molar-refractivity contribution is 6.30. The standard InChI is InChI=1S/C15H19ClN4O/c1-2-17-12-6-3-10(4-7-12)15-19-14(20-21-15)13-8-5-11(16)9-18-13/h5,8-10,12,17H,2-4,6-7H2,1H3. The van der Waals surface area contributed by atoms with Gasteiger partial charge in [-0.2, -0.15) is 4.98 Å². The molecule has 21 heavy (non-hydrogen) atoms. The van der Waals surface area contributed by atoms with Gasteiger partial charge in [-0.15, -0.1) is 0 Å². The Morgan fingerprint density at radius 3 is 2.76 bits per heavy atom. The van der Waals surface area contributed by atoms with Gasteiger partial charge in [-0.05, 0) is 44.4 Å². The van der Waals surface area contributed by atoms with Crippen LogP contribution in [0, 0.1) is 0 Å². The van der Waals surface area contributed by atoms with E-state index in [0.717, 1.165) is 38.1 Å². The zero-order valence-corrected chi connectivity index (χ0v) is 12.8. The van der Waals surface area contributed by atoms with E-state index in [4.69, 9.17) is 16.1 Å². The highest BCUT2D eigenvalue weighted by Crippen LogP contribution is 2.32. The summed E-state index contributed by atoms with van der Waals surface area (Å²) in [5.74, 6) is 1.64. The predicted octanol–water partition coefficient (Wildman–Crippen LogP) is 3.42. The van der Waals surface area contributed by atoms with Crippen molar-refractivity contribution in [3.05, 3.63) is 29.2 Å². The van der Waals surface area contributed by atoms with Crippen molar-refractivity contribution in [1.82, 2.24) is 20.4 Å². The second kappa shape index (κ2) is 6.54. The van der Waals surface area contributed by atoms with Crippen molar-refractivity contribution in [2.45, 2.75) is 44.6 Å². The minimum absolute atomic E-state index is 0.369. The van der Waals surface area contributed by atoms with E-state index in [1.165, 1.54) is 0 Å². The van der Waals surface area contributed by atoms with E-state index in [0.29, 0.717) is 28.5 Å². The van der Waals surface area contributed by atoms with Crippen molar-refractivity contribution in [3.63, 3.8) is 0 Å². The average Bonchev–Trinajstić information content (AvgIpc) is 2.99. The Kier molecular flexibility index (Phi) is 4.51. The van der Waals surface area contributed by atoms with Gasteiger partial charge < -0.3 is 9.84 Å². The van der Waals surface area contributed by atoms with Gasteiger partial charge in [0.05, 0.1) is 5.02 Å². The van der Waals surface area contributed by atoms with Crippen LogP contribution in [-0.2, 0) is 0 Å². The van der Waals surface area contributed by atoms with E-state index in [-0.39, 0.29) is 0 Å². The Morgan fingerprint density at radius 1 is 1.29 bits per heavy atom. The quantitative estimate of drug-likeness (QED) is 0.937. The number of aromatic nitrogens is 3. The van der Waals surface area contributed by atoms with E-state index in [1.54, 1.807) is 18.3 Å². The van der Waals surface area contributed by atoms with Crippen LogP contribution in [0.15, 0.2) is 22.9 Å². The van der Waals surface area contributed by atoms with Crippen LogP contribution in [0.25, 0.3) is 11.5 Å². The first-order valence-electron chi connectivity index (χ1n) is 7.45. The van der Waals surface area contributed by atoms with Crippen molar-refractivity contribution in [3.8, 4) is 11.5 Å². The molecule has 0 amide bonds. The van der Waals surface area contributed by atoms with Gasteiger partial charge in [-0.25, -0.2) is 0 Å². The first kappa shape index (κ1) is 14.5. The first-order valence-corrected chi connectivity index (χ1v) is 7.83. The van der Waals surface area contributed by atoms with Gasteiger partial charge in [0.2, 0.25) is 11.7 Å². The minimum atomic E-state index is 0.369. The van der Waals surface area contributed by atoms with E-state index >= 15 is 0 Å². The normalized spacial score (nSPS) is 22.4. The van der Waals surface area contributed by atoms with Crippen molar-refractivity contribution < 1.29 is 4.52 Å². The Hall–Kier alpha value is -1.46. The molecule has 112 valence electrons. The molecule has 0 atom stereocenters. The van der Waals surface area contributed by atoms with E-state index in [2.05, 4.69) is 27.4 Å². The molecule has 0 radical (unpaired) electrons. The number of pyridine rings is 1. The van der Waals surface area contributed by atoms with Crippen LogP contribution in [0.3, 0.4) is 0 Å². The molecule has 1 fully saturated rings.